The molecule has 0 bridgehead atoms. The molecule has 0 saturated carbocycles. The van der Waals surface area contributed by atoms with E-state index in [0.29, 0.717) is 28.8 Å². The van der Waals surface area contributed by atoms with Crippen molar-refractivity contribution in [1.29, 1.82) is 5.26 Å². The molecule has 1 atom stereocenters. The maximum Gasteiger partial charge on any atom is 0.345 e. The molecule has 1 spiro atoms. The standard InChI is InChI=1S/C25H21N3O4/c1-2-3-8-13-28-18-11-6-5-10-16(18)25(24(28)30)17(14-26)22(27)32-21-15-9-4-7-12-19(15)31-23(29)20(21)25/h4-7,9-12H,2-3,8,13,27H2,1H3/t25-/m0/s1. The van der Waals surface area contributed by atoms with Gasteiger partial charge in [-0.15, -0.1) is 0 Å². The first-order valence-corrected chi connectivity index (χ1v) is 10.6. The number of carbonyl (C=O) groups is 1. The third-order valence-corrected chi connectivity index (χ3v) is 6.24. The first-order chi connectivity index (χ1) is 15.6. The van der Waals surface area contributed by atoms with Gasteiger partial charge in [0.2, 0.25) is 11.8 Å². The van der Waals surface area contributed by atoms with Crippen LogP contribution in [0.5, 0.6) is 5.75 Å². The van der Waals surface area contributed by atoms with Gasteiger partial charge >= 0.3 is 5.63 Å². The smallest absolute Gasteiger partial charge is 0.345 e. The van der Waals surface area contributed by atoms with Crippen molar-refractivity contribution < 1.29 is 13.9 Å². The SMILES string of the molecule is CCCCCN1C(=O)[C@]2(C(C#N)=C(N)Oc3c2c(=O)oc2ccccc32)c2ccccc21. The van der Waals surface area contributed by atoms with E-state index in [0.717, 1.165) is 19.3 Å². The van der Waals surface area contributed by atoms with E-state index >= 15 is 0 Å². The highest BCUT2D eigenvalue weighted by Gasteiger charge is 2.61. The third-order valence-electron chi connectivity index (χ3n) is 6.24. The highest BCUT2D eigenvalue weighted by molar-refractivity contribution is 6.14. The summed E-state index contributed by atoms with van der Waals surface area (Å²) in [5.41, 5.74) is 5.20. The maximum atomic E-state index is 14.1. The predicted octanol–water partition coefficient (Wildman–Crippen LogP) is 3.70. The highest BCUT2D eigenvalue weighted by atomic mass is 16.5. The van der Waals surface area contributed by atoms with Crippen molar-refractivity contribution in [1.82, 2.24) is 0 Å². The summed E-state index contributed by atoms with van der Waals surface area (Å²) in [6.45, 7) is 2.56. The largest absolute Gasteiger partial charge is 0.439 e. The molecule has 0 radical (unpaired) electrons. The Morgan fingerprint density at radius 2 is 1.84 bits per heavy atom. The van der Waals surface area contributed by atoms with Crippen molar-refractivity contribution in [2.45, 2.75) is 31.6 Å². The summed E-state index contributed by atoms with van der Waals surface area (Å²) in [6, 6.07) is 16.2. The van der Waals surface area contributed by atoms with E-state index in [-0.39, 0.29) is 28.7 Å². The van der Waals surface area contributed by atoms with E-state index in [1.54, 1.807) is 41.3 Å². The van der Waals surface area contributed by atoms with Crippen molar-refractivity contribution in [3.05, 3.63) is 81.5 Å². The molecule has 2 aromatic carbocycles. The monoisotopic (exact) mass is 427 g/mol. The summed E-state index contributed by atoms with van der Waals surface area (Å²) in [6.07, 6.45) is 2.75. The van der Waals surface area contributed by atoms with Gasteiger partial charge in [-0.1, -0.05) is 50.1 Å². The van der Waals surface area contributed by atoms with Crippen LogP contribution in [0.1, 0.15) is 37.3 Å². The highest BCUT2D eigenvalue weighted by Crippen LogP contribution is 2.55. The van der Waals surface area contributed by atoms with E-state index in [1.165, 1.54) is 0 Å². The van der Waals surface area contributed by atoms with Crippen molar-refractivity contribution >= 4 is 22.6 Å². The molecule has 160 valence electrons. The number of anilines is 1. The van der Waals surface area contributed by atoms with Gasteiger partial charge in [0, 0.05) is 17.8 Å². The Kier molecular flexibility index (Phi) is 4.52. The second-order valence-electron chi connectivity index (χ2n) is 7.97. The average Bonchev–Trinajstić information content (AvgIpc) is 3.03. The maximum absolute atomic E-state index is 14.1. The molecule has 7 heteroatoms. The number of rotatable bonds is 4. The van der Waals surface area contributed by atoms with Crippen LogP contribution in [0.4, 0.5) is 5.69 Å². The van der Waals surface area contributed by atoms with Crippen molar-refractivity contribution in [2.24, 2.45) is 5.73 Å². The molecule has 2 aliphatic rings. The topological polar surface area (TPSA) is 110 Å². The molecular weight excluding hydrogens is 406 g/mol. The van der Waals surface area contributed by atoms with Crippen LogP contribution < -0.4 is 21.0 Å². The number of fused-ring (bicyclic) bond motifs is 6. The number of ether oxygens (including phenoxy) is 1. The number of unbranched alkanes of at least 4 members (excludes halogenated alkanes) is 2. The fourth-order valence-electron chi connectivity index (χ4n) is 4.84. The number of benzene rings is 2. The number of hydrogen-bond acceptors (Lipinski definition) is 6. The van der Waals surface area contributed by atoms with Crippen molar-refractivity contribution in [3.8, 4) is 11.8 Å². The van der Waals surface area contributed by atoms with Gasteiger partial charge < -0.3 is 19.8 Å². The van der Waals surface area contributed by atoms with Gasteiger partial charge in [-0.25, -0.2) is 4.79 Å². The zero-order valence-corrected chi connectivity index (χ0v) is 17.6. The third kappa shape index (κ3) is 2.47. The van der Waals surface area contributed by atoms with Crippen LogP contribution in [0, 0.1) is 11.3 Å². The van der Waals surface area contributed by atoms with Gasteiger partial charge in [0.1, 0.15) is 22.8 Å². The quantitative estimate of drug-likeness (QED) is 0.502. The number of para-hydroxylation sites is 2. The lowest BCUT2D eigenvalue weighted by Crippen LogP contribution is -2.48. The zero-order valence-electron chi connectivity index (χ0n) is 17.6. The normalized spacial score (nSPS) is 19.1. The molecule has 1 amide bonds. The minimum absolute atomic E-state index is 0.00242. The Hall–Kier alpha value is -4.05. The molecule has 0 saturated heterocycles. The molecule has 7 nitrogen and oxygen atoms in total. The average molecular weight is 427 g/mol. The van der Waals surface area contributed by atoms with Gasteiger partial charge in [0.25, 0.3) is 0 Å². The molecule has 0 fully saturated rings. The fourth-order valence-corrected chi connectivity index (χ4v) is 4.84. The van der Waals surface area contributed by atoms with Crippen LogP contribution in [0.2, 0.25) is 0 Å². The van der Waals surface area contributed by atoms with E-state index in [2.05, 4.69) is 13.0 Å². The second-order valence-corrected chi connectivity index (χ2v) is 7.97. The lowest BCUT2D eigenvalue weighted by Gasteiger charge is -2.33. The van der Waals surface area contributed by atoms with Crippen LogP contribution in [0.15, 0.2) is 69.2 Å². The summed E-state index contributed by atoms with van der Waals surface area (Å²) in [5, 5.41) is 10.6. The molecule has 2 N–H and O–H groups in total. The van der Waals surface area contributed by atoms with Crippen LogP contribution in [-0.2, 0) is 10.2 Å². The number of amides is 1. The van der Waals surface area contributed by atoms with Gasteiger partial charge in [-0.05, 0) is 24.6 Å². The Bertz CT molecular complexity index is 1400. The van der Waals surface area contributed by atoms with Gasteiger partial charge in [-0.2, -0.15) is 5.26 Å². The number of nitrogens with two attached hydrogens (primary N) is 1. The van der Waals surface area contributed by atoms with Crippen LogP contribution >= 0.6 is 0 Å². The number of nitriles is 1. The molecule has 0 aliphatic carbocycles. The lowest BCUT2D eigenvalue weighted by molar-refractivity contribution is -0.121. The summed E-state index contributed by atoms with van der Waals surface area (Å²) in [4.78, 5) is 29.1. The molecule has 2 aliphatic heterocycles. The van der Waals surface area contributed by atoms with Gasteiger partial charge in [0.15, 0.2) is 11.2 Å². The van der Waals surface area contributed by atoms with Gasteiger partial charge in [-0.3, -0.25) is 4.79 Å². The summed E-state index contributed by atoms with van der Waals surface area (Å²) in [5.74, 6) is -0.414. The van der Waals surface area contributed by atoms with Crippen molar-refractivity contribution in [3.63, 3.8) is 0 Å². The zero-order chi connectivity index (χ0) is 22.5. The molecule has 0 unspecified atom stereocenters. The molecule has 3 heterocycles. The molecule has 5 rings (SSSR count). The number of carbonyl (C=O) groups excluding carboxylic acids is 1. The Labute approximate surface area is 184 Å². The summed E-state index contributed by atoms with van der Waals surface area (Å²) >= 11 is 0. The minimum atomic E-state index is -1.71. The predicted molar refractivity (Wildman–Crippen MR) is 119 cm³/mol. The first-order valence-electron chi connectivity index (χ1n) is 10.6. The molecule has 32 heavy (non-hydrogen) atoms. The first kappa shape index (κ1) is 19.9. The van der Waals surface area contributed by atoms with Crippen molar-refractivity contribution in [2.75, 3.05) is 11.4 Å². The number of hydrogen-bond donors (Lipinski definition) is 1. The molecular formula is C25H21N3O4. The van der Waals surface area contributed by atoms with Crippen LogP contribution in [0.25, 0.3) is 11.0 Å². The molecule has 1 aromatic heterocycles. The Morgan fingerprint density at radius 1 is 1.09 bits per heavy atom. The minimum Gasteiger partial charge on any atom is -0.439 e. The lowest BCUT2D eigenvalue weighted by atomic mass is 9.69. The van der Waals surface area contributed by atoms with Gasteiger partial charge in [0.05, 0.1) is 5.39 Å². The fraction of sp³-hybridized carbons (Fsp3) is 0.240. The van der Waals surface area contributed by atoms with E-state index < -0.39 is 11.0 Å². The summed E-state index contributed by atoms with van der Waals surface area (Å²) < 4.78 is 11.4. The number of nitrogens with zero attached hydrogens (tertiary/aromatic N) is 2. The van der Waals surface area contributed by atoms with E-state index in [1.807, 2.05) is 12.1 Å². The van der Waals surface area contributed by atoms with Crippen LogP contribution in [-0.4, -0.2) is 12.5 Å². The molecule has 3 aromatic rings. The van der Waals surface area contributed by atoms with E-state index in [9.17, 15) is 14.9 Å². The van der Waals surface area contributed by atoms with Crippen LogP contribution in [0.3, 0.4) is 0 Å². The second kappa shape index (κ2) is 7.27. The Morgan fingerprint density at radius 3 is 2.62 bits per heavy atom. The van der Waals surface area contributed by atoms with E-state index in [4.69, 9.17) is 14.9 Å². The summed E-state index contributed by atoms with van der Waals surface area (Å²) in [7, 11) is 0. The Balaban J connectivity index is 1.88.